The van der Waals surface area contributed by atoms with Crippen LogP contribution in [0.25, 0.3) is 11.5 Å². The van der Waals surface area contributed by atoms with Gasteiger partial charge in [0.25, 0.3) is 5.89 Å². The van der Waals surface area contributed by atoms with Gasteiger partial charge in [0.1, 0.15) is 5.82 Å². The highest BCUT2D eigenvalue weighted by atomic mass is 35.5. The molecule has 0 saturated heterocycles. The highest BCUT2D eigenvalue weighted by molar-refractivity contribution is 6.33. The molecule has 0 amide bonds. The van der Waals surface area contributed by atoms with E-state index in [4.69, 9.17) is 21.9 Å². The van der Waals surface area contributed by atoms with E-state index in [1.54, 1.807) is 0 Å². The van der Waals surface area contributed by atoms with E-state index in [1.165, 1.54) is 18.2 Å². The summed E-state index contributed by atoms with van der Waals surface area (Å²) in [5, 5.41) is 4.13. The Labute approximate surface area is 115 Å². The summed E-state index contributed by atoms with van der Waals surface area (Å²) in [5.74, 6) is 0.272. The maximum absolute atomic E-state index is 13.0. The van der Waals surface area contributed by atoms with Gasteiger partial charge in [0.05, 0.1) is 16.1 Å². The molecule has 0 bridgehead atoms. The Morgan fingerprint density at radius 3 is 2.63 bits per heavy atom. The minimum absolute atomic E-state index is 0.228. The van der Waals surface area contributed by atoms with Gasteiger partial charge in [-0.3, -0.25) is 0 Å². The quantitative estimate of drug-likeness (QED) is 0.932. The predicted octanol–water partition coefficient (Wildman–Crippen LogP) is 3.50. The molecule has 0 aliphatic carbocycles. The van der Waals surface area contributed by atoms with Crippen LogP contribution in [0.15, 0.2) is 22.7 Å². The second-order valence-electron chi connectivity index (χ2n) is 4.41. The Bertz CT molecular complexity index is 581. The topological polar surface area (TPSA) is 64.9 Å². The average molecular weight is 284 g/mol. The molecule has 2 N–H and O–H groups in total. The minimum atomic E-state index is -0.617. The summed E-state index contributed by atoms with van der Waals surface area (Å²) >= 11 is 5.96. The fourth-order valence-corrected chi connectivity index (χ4v) is 2.01. The van der Waals surface area contributed by atoms with E-state index in [0.717, 1.165) is 0 Å². The third-order valence-corrected chi connectivity index (χ3v) is 3.61. The smallest absolute Gasteiger partial charge is 0.259 e. The van der Waals surface area contributed by atoms with Gasteiger partial charge in [0.15, 0.2) is 5.82 Å². The van der Waals surface area contributed by atoms with Crippen LogP contribution in [0, 0.1) is 5.82 Å². The van der Waals surface area contributed by atoms with Crippen molar-refractivity contribution >= 4 is 11.6 Å². The van der Waals surface area contributed by atoms with Gasteiger partial charge in [0.2, 0.25) is 0 Å². The lowest BCUT2D eigenvalue weighted by Crippen LogP contribution is -2.36. The van der Waals surface area contributed by atoms with Crippen LogP contribution in [0.2, 0.25) is 5.02 Å². The van der Waals surface area contributed by atoms with Gasteiger partial charge in [-0.15, -0.1) is 0 Å². The third-order valence-electron chi connectivity index (χ3n) is 3.29. The molecule has 0 atom stereocenters. The van der Waals surface area contributed by atoms with E-state index in [-0.39, 0.29) is 10.9 Å². The molecule has 0 aliphatic rings. The molecule has 2 rings (SSSR count). The maximum Gasteiger partial charge on any atom is 0.259 e. The zero-order valence-electron chi connectivity index (χ0n) is 10.8. The monoisotopic (exact) mass is 283 g/mol. The molecule has 4 nitrogen and oxygen atoms in total. The minimum Gasteiger partial charge on any atom is -0.334 e. The van der Waals surface area contributed by atoms with Crippen LogP contribution in [0.4, 0.5) is 4.39 Å². The number of hydrogen-bond donors (Lipinski definition) is 1. The average Bonchev–Trinajstić information content (AvgIpc) is 2.88. The lowest BCUT2D eigenvalue weighted by atomic mass is 9.93. The molecular formula is C13H15ClFN3O. The van der Waals surface area contributed by atoms with Crippen molar-refractivity contribution in [2.75, 3.05) is 0 Å². The van der Waals surface area contributed by atoms with E-state index in [9.17, 15) is 4.39 Å². The Hall–Kier alpha value is -1.46. The fourth-order valence-electron chi connectivity index (χ4n) is 1.76. The molecule has 1 aromatic heterocycles. The van der Waals surface area contributed by atoms with Crippen LogP contribution >= 0.6 is 11.6 Å². The number of nitrogens with zero attached hydrogens (tertiary/aromatic N) is 2. The summed E-state index contributed by atoms with van der Waals surface area (Å²) in [6, 6.07) is 4.00. The Balaban J connectivity index is 2.41. The molecule has 2 aromatic rings. The summed E-state index contributed by atoms with van der Waals surface area (Å²) in [5.41, 5.74) is 6.07. The van der Waals surface area contributed by atoms with Crippen LogP contribution in [0.3, 0.4) is 0 Å². The lowest BCUT2D eigenvalue weighted by Gasteiger charge is -2.21. The summed E-state index contributed by atoms with van der Waals surface area (Å²) in [7, 11) is 0. The van der Waals surface area contributed by atoms with Gasteiger partial charge in [-0.2, -0.15) is 4.98 Å². The van der Waals surface area contributed by atoms with Crippen LogP contribution in [0.1, 0.15) is 32.5 Å². The molecule has 0 radical (unpaired) electrons. The largest absolute Gasteiger partial charge is 0.334 e. The van der Waals surface area contributed by atoms with Gasteiger partial charge in [-0.25, -0.2) is 4.39 Å². The zero-order chi connectivity index (χ0) is 14.0. The molecule has 0 unspecified atom stereocenters. The number of hydrogen-bond acceptors (Lipinski definition) is 4. The van der Waals surface area contributed by atoms with Gasteiger partial charge in [-0.05, 0) is 31.0 Å². The molecule has 0 saturated carbocycles. The van der Waals surface area contributed by atoms with Crippen molar-refractivity contribution in [2.24, 2.45) is 5.73 Å². The van der Waals surface area contributed by atoms with E-state index in [0.29, 0.717) is 24.2 Å². The van der Waals surface area contributed by atoms with Gasteiger partial charge < -0.3 is 10.3 Å². The first-order valence-electron chi connectivity index (χ1n) is 6.08. The summed E-state index contributed by atoms with van der Waals surface area (Å²) in [6.07, 6.45) is 1.39. The molecule has 6 heteroatoms. The normalized spacial score (nSPS) is 11.8. The Kier molecular flexibility index (Phi) is 3.87. The van der Waals surface area contributed by atoms with Crippen molar-refractivity contribution < 1.29 is 8.91 Å². The SMILES string of the molecule is CCC(N)(CC)c1noc(-c2ccc(F)cc2Cl)n1. The molecule has 0 fully saturated rings. The van der Waals surface area contributed by atoms with E-state index < -0.39 is 11.4 Å². The van der Waals surface area contributed by atoms with Gasteiger partial charge >= 0.3 is 0 Å². The number of halogens is 2. The molecule has 1 aromatic carbocycles. The van der Waals surface area contributed by atoms with Crippen molar-refractivity contribution in [2.45, 2.75) is 32.2 Å². The molecule has 1 heterocycles. The van der Waals surface area contributed by atoms with Crippen LogP contribution < -0.4 is 5.73 Å². The van der Waals surface area contributed by atoms with Crippen LogP contribution in [-0.2, 0) is 5.54 Å². The lowest BCUT2D eigenvalue weighted by molar-refractivity contribution is 0.350. The second-order valence-corrected chi connectivity index (χ2v) is 4.82. The van der Waals surface area contributed by atoms with Crippen molar-refractivity contribution in [1.29, 1.82) is 0 Å². The van der Waals surface area contributed by atoms with E-state index >= 15 is 0 Å². The molecule has 0 spiro atoms. The molecule has 102 valence electrons. The van der Waals surface area contributed by atoms with E-state index in [1.807, 2.05) is 13.8 Å². The van der Waals surface area contributed by atoms with Gasteiger partial charge in [-0.1, -0.05) is 30.6 Å². The van der Waals surface area contributed by atoms with Crippen molar-refractivity contribution in [3.63, 3.8) is 0 Å². The van der Waals surface area contributed by atoms with E-state index in [2.05, 4.69) is 10.1 Å². The Morgan fingerprint density at radius 2 is 2.05 bits per heavy atom. The Morgan fingerprint density at radius 1 is 1.37 bits per heavy atom. The van der Waals surface area contributed by atoms with Crippen molar-refractivity contribution in [3.8, 4) is 11.5 Å². The molecule has 19 heavy (non-hydrogen) atoms. The first kappa shape index (κ1) is 14.0. The van der Waals surface area contributed by atoms with Crippen LogP contribution in [0.5, 0.6) is 0 Å². The summed E-state index contributed by atoms with van der Waals surface area (Å²) < 4.78 is 18.2. The first-order valence-corrected chi connectivity index (χ1v) is 6.46. The fraction of sp³-hybridized carbons (Fsp3) is 0.385. The molecule has 0 aliphatic heterocycles. The number of aromatic nitrogens is 2. The van der Waals surface area contributed by atoms with Gasteiger partial charge in [0, 0.05) is 0 Å². The predicted molar refractivity (Wildman–Crippen MR) is 71.1 cm³/mol. The second kappa shape index (κ2) is 5.27. The standard InChI is InChI=1S/C13H15ClFN3O/c1-3-13(16,4-2)12-17-11(19-18-12)9-6-5-8(15)7-10(9)14/h5-7H,3-4,16H2,1-2H3. The zero-order valence-corrected chi connectivity index (χ0v) is 11.5. The summed E-state index contributed by atoms with van der Waals surface area (Å²) in [6.45, 7) is 3.93. The molecular weight excluding hydrogens is 269 g/mol. The van der Waals surface area contributed by atoms with Crippen molar-refractivity contribution in [1.82, 2.24) is 10.1 Å². The van der Waals surface area contributed by atoms with Crippen molar-refractivity contribution in [3.05, 3.63) is 34.9 Å². The first-order chi connectivity index (χ1) is 9.00. The number of benzene rings is 1. The third kappa shape index (κ3) is 2.62. The number of nitrogens with two attached hydrogens (primary N) is 1. The summed E-state index contributed by atoms with van der Waals surface area (Å²) in [4.78, 5) is 4.28. The maximum atomic E-state index is 13.0. The highest BCUT2D eigenvalue weighted by Gasteiger charge is 2.29. The highest BCUT2D eigenvalue weighted by Crippen LogP contribution is 2.30. The number of rotatable bonds is 4. The van der Waals surface area contributed by atoms with Crippen LogP contribution in [-0.4, -0.2) is 10.1 Å².